The minimum atomic E-state index is -0.629. The molecule has 0 amide bonds. The number of phenols is 2. The van der Waals surface area contributed by atoms with E-state index in [-0.39, 0.29) is 34.8 Å². The van der Waals surface area contributed by atoms with Crippen molar-refractivity contribution in [3.63, 3.8) is 0 Å². The number of ether oxygens (including phenoxy) is 1. The largest absolute Gasteiger partial charge is 0.507 e. The SMILES string of the molecule is Nc1cc(OC=O)cc(O)c1C(=O)c1ccccc1O. The number of aromatic hydroxyl groups is 2. The van der Waals surface area contributed by atoms with Crippen LogP contribution in [0.1, 0.15) is 15.9 Å². The Morgan fingerprint density at radius 3 is 2.45 bits per heavy atom. The number of rotatable bonds is 4. The minimum Gasteiger partial charge on any atom is -0.507 e. The van der Waals surface area contributed by atoms with Gasteiger partial charge in [-0.05, 0) is 12.1 Å². The van der Waals surface area contributed by atoms with Gasteiger partial charge in [0, 0.05) is 12.1 Å². The number of nitrogen functional groups attached to an aromatic ring is 1. The van der Waals surface area contributed by atoms with E-state index in [1.165, 1.54) is 18.2 Å². The van der Waals surface area contributed by atoms with Gasteiger partial charge in [-0.1, -0.05) is 12.1 Å². The molecule has 0 aliphatic carbocycles. The van der Waals surface area contributed by atoms with Crippen molar-refractivity contribution in [1.82, 2.24) is 0 Å². The van der Waals surface area contributed by atoms with Crippen molar-refractivity contribution >= 4 is 17.9 Å². The predicted molar refractivity (Wildman–Crippen MR) is 70.8 cm³/mol. The lowest BCUT2D eigenvalue weighted by Gasteiger charge is -2.10. The molecule has 0 heterocycles. The lowest BCUT2D eigenvalue weighted by atomic mass is 10.00. The molecule has 0 fully saturated rings. The maximum atomic E-state index is 12.3. The van der Waals surface area contributed by atoms with E-state index >= 15 is 0 Å². The van der Waals surface area contributed by atoms with Crippen LogP contribution in [0, 0.1) is 0 Å². The van der Waals surface area contributed by atoms with Gasteiger partial charge in [0.2, 0.25) is 5.78 Å². The van der Waals surface area contributed by atoms with Gasteiger partial charge >= 0.3 is 0 Å². The second kappa shape index (κ2) is 5.31. The fourth-order valence-electron chi connectivity index (χ4n) is 1.79. The molecule has 2 aromatic rings. The van der Waals surface area contributed by atoms with Crippen molar-refractivity contribution in [2.75, 3.05) is 5.73 Å². The highest BCUT2D eigenvalue weighted by Gasteiger charge is 2.20. The average Bonchev–Trinajstić information content (AvgIpc) is 2.38. The van der Waals surface area contributed by atoms with E-state index in [9.17, 15) is 19.8 Å². The van der Waals surface area contributed by atoms with Gasteiger partial charge < -0.3 is 20.7 Å². The Morgan fingerprint density at radius 1 is 1.15 bits per heavy atom. The zero-order chi connectivity index (χ0) is 14.7. The highest BCUT2D eigenvalue weighted by Crippen LogP contribution is 2.33. The quantitative estimate of drug-likeness (QED) is 0.442. The summed E-state index contributed by atoms with van der Waals surface area (Å²) in [5.41, 5.74) is 5.47. The number of hydrogen-bond acceptors (Lipinski definition) is 6. The molecule has 0 unspecified atom stereocenters. The number of anilines is 1. The second-order valence-electron chi connectivity index (χ2n) is 3.97. The van der Waals surface area contributed by atoms with Crippen molar-refractivity contribution in [2.24, 2.45) is 0 Å². The fraction of sp³-hybridized carbons (Fsp3) is 0. The zero-order valence-corrected chi connectivity index (χ0v) is 10.2. The number of phenolic OH excluding ortho intramolecular Hbond substituents is 2. The smallest absolute Gasteiger partial charge is 0.298 e. The predicted octanol–water partition coefficient (Wildman–Crippen LogP) is 1.45. The monoisotopic (exact) mass is 273 g/mol. The number of benzene rings is 2. The van der Waals surface area contributed by atoms with Crippen LogP contribution in [0.5, 0.6) is 17.2 Å². The summed E-state index contributed by atoms with van der Waals surface area (Å²) in [5.74, 6) is -1.26. The molecule has 6 heteroatoms. The first kappa shape index (κ1) is 13.4. The van der Waals surface area contributed by atoms with Crippen LogP contribution in [-0.2, 0) is 4.79 Å². The third-order valence-corrected chi connectivity index (χ3v) is 2.68. The normalized spacial score (nSPS) is 10.0. The van der Waals surface area contributed by atoms with Gasteiger partial charge in [0.25, 0.3) is 6.47 Å². The third-order valence-electron chi connectivity index (χ3n) is 2.68. The summed E-state index contributed by atoms with van der Waals surface area (Å²) < 4.78 is 4.55. The Labute approximate surface area is 114 Å². The molecule has 102 valence electrons. The Kier molecular flexibility index (Phi) is 3.56. The van der Waals surface area contributed by atoms with Crippen LogP contribution in [0.4, 0.5) is 5.69 Å². The van der Waals surface area contributed by atoms with Crippen LogP contribution in [0.2, 0.25) is 0 Å². The van der Waals surface area contributed by atoms with Gasteiger partial charge in [-0.3, -0.25) is 9.59 Å². The van der Waals surface area contributed by atoms with Crippen LogP contribution in [0.3, 0.4) is 0 Å². The molecule has 2 rings (SSSR count). The molecule has 0 atom stereocenters. The minimum absolute atomic E-state index is 0.0126. The Balaban J connectivity index is 2.51. The first-order valence-electron chi connectivity index (χ1n) is 5.60. The summed E-state index contributed by atoms with van der Waals surface area (Å²) in [4.78, 5) is 22.5. The number of ketones is 1. The number of hydrogen-bond donors (Lipinski definition) is 3. The lowest BCUT2D eigenvalue weighted by molar-refractivity contribution is -0.120. The van der Waals surface area contributed by atoms with Crippen molar-refractivity contribution in [3.8, 4) is 17.2 Å². The van der Waals surface area contributed by atoms with Crippen molar-refractivity contribution in [2.45, 2.75) is 0 Å². The van der Waals surface area contributed by atoms with E-state index in [0.717, 1.165) is 6.07 Å². The Bertz CT molecular complexity index is 658. The summed E-state index contributed by atoms with van der Waals surface area (Å²) in [5, 5.41) is 19.5. The summed E-state index contributed by atoms with van der Waals surface area (Å²) in [7, 11) is 0. The number of nitrogens with two attached hydrogens (primary N) is 1. The summed E-state index contributed by atoms with van der Waals surface area (Å²) in [6.45, 7) is 0.179. The molecule has 2 aromatic carbocycles. The second-order valence-corrected chi connectivity index (χ2v) is 3.97. The van der Waals surface area contributed by atoms with Crippen LogP contribution in [0.15, 0.2) is 36.4 Å². The molecule has 0 aliphatic rings. The molecule has 0 radical (unpaired) electrons. The highest BCUT2D eigenvalue weighted by molar-refractivity contribution is 6.15. The van der Waals surface area contributed by atoms with E-state index in [1.54, 1.807) is 12.1 Å². The maximum absolute atomic E-state index is 12.3. The van der Waals surface area contributed by atoms with Crippen LogP contribution in [0.25, 0.3) is 0 Å². The first-order valence-corrected chi connectivity index (χ1v) is 5.60. The van der Waals surface area contributed by atoms with Gasteiger partial charge in [-0.25, -0.2) is 0 Å². The first-order chi connectivity index (χ1) is 9.54. The molecule has 6 nitrogen and oxygen atoms in total. The van der Waals surface area contributed by atoms with Crippen LogP contribution < -0.4 is 10.5 Å². The van der Waals surface area contributed by atoms with E-state index in [0.29, 0.717) is 0 Å². The topological polar surface area (TPSA) is 110 Å². The molecular formula is C14H11NO5. The molecular weight excluding hydrogens is 262 g/mol. The molecule has 20 heavy (non-hydrogen) atoms. The molecule has 4 N–H and O–H groups in total. The molecule has 0 aliphatic heterocycles. The van der Waals surface area contributed by atoms with Crippen LogP contribution in [-0.4, -0.2) is 22.5 Å². The van der Waals surface area contributed by atoms with Crippen molar-refractivity contribution in [1.29, 1.82) is 0 Å². The Morgan fingerprint density at radius 2 is 1.85 bits per heavy atom. The molecule has 0 saturated heterocycles. The Hall–Kier alpha value is -3.02. The average molecular weight is 273 g/mol. The van der Waals surface area contributed by atoms with Gasteiger partial charge in [0.15, 0.2) is 0 Å². The summed E-state index contributed by atoms with van der Waals surface area (Å²) in [6, 6.07) is 8.23. The van der Waals surface area contributed by atoms with Crippen molar-refractivity contribution < 1.29 is 24.5 Å². The molecule has 0 aromatic heterocycles. The van der Waals surface area contributed by atoms with E-state index in [2.05, 4.69) is 4.74 Å². The highest BCUT2D eigenvalue weighted by atomic mass is 16.5. The van der Waals surface area contributed by atoms with Crippen LogP contribution >= 0.6 is 0 Å². The molecule has 0 bridgehead atoms. The van der Waals surface area contributed by atoms with Gasteiger partial charge in [-0.2, -0.15) is 0 Å². The number of carbonyl (C=O) groups excluding carboxylic acids is 2. The van der Waals surface area contributed by atoms with E-state index in [4.69, 9.17) is 5.73 Å². The standard InChI is InChI=1S/C14H11NO5/c15-10-5-8(20-7-16)6-12(18)13(10)14(19)9-3-1-2-4-11(9)17/h1-7,17-18H,15H2. The van der Waals surface area contributed by atoms with Crippen molar-refractivity contribution in [3.05, 3.63) is 47.5 Å². The van der Waals surface area contributed by atoms with Gasteiger partial charge in [-0.15, -0.1) is 0 Å². The summed E-state index contributed by atoms with van der Waals surface area (Å²) in [6.07, 6.45) is 0. The zero-order valence-electron chi connectivity index (χ0n) is 10.2. The molecule has 0 spiro atoms. The number of para-hydroxylation sites is 1. The van der Waals surface area contributed by atoms with Gasteiger partial charge in [0.1, 0.15) is 17.2 Å². The summed E-state index contributed by atoms with van der Waals surface area (Å²) >= 11 is 0. The van der Waals surface area contributed by atoms with E-state index < -0.39 is 11.5 Å². The van der Waals surface area contributed by atoms with Gasteiger partial charge in [0.05, 0.1) is 16.8 Å². The molecule has 0 saturated carbocycles. The maximum Gasteiger partial charge on any atom is 0.298 e. The lowest BCUT2D eigenvalue weighted by Crippen LogP contribution is -2.06. The fourth-order valence-corrected chi connectivity index (χ4v) is 1.79. The third kappa shape index (κ3) is 2.39. The number of carbonyl (C=O) groups is 2. The van der Waals surface area contributed by atoms with E-state index in [1.807, 2.05) is 0 Å².